The maximum atomic E-state index is 13.1. The van der Waals surface area contributed by atoms with Crippen molar-refractivity contribution in [3.05, 3.63) is 40.4 Å². The summed E-state index contributed by atoms with van der Waals surface area (Å²) in [6.07, 6.45) is 1.08. The van der Waals surface area contributed by atoms with Gasteiger partial charge < -0.3 is 19.9 Å². The molecular weight excluding hydrogens is 488 g/mol. The average molecular weight is 517 g/mol. The first-order valence-electron chi connectivity index (χ1n) is 10.5. The van der Waals surface area contributed by atoms with Crippen LogP contribution in [0, 0.1) is 6.92 Å². The van der Waals surface area contributed by atoms with Crippen molar-refractivity contribution in [2.45, 2.75) is 49.6 Å². The van der Waals surface area contributed by atoms with Crippen LogP contribution in [0.25, 0.3) is 0 Å². The van der Waals surface area contributed by atoms with Crippen LogP contribution in [0.3, 0.4) is 0 Å². The second kappa shape index (κ2) is 9.73. The highest BCUT2D eigenvalue weighted by molar-refractivity contribution is 8.04. The molecule has 0 aromatic heterocycles. The monoisotopic (exact) mass is 516 g/mol. The Labute approximate surface area is 203 Å². The van der Waals surface area contributed by atoms with Crippen LogP contribution < -0.4 is 10.0 Å². The molecule has 182 valence electrons. The van der Waals surface area contributed by atoms with E-state index in [9.17, 15) is 18.0 Å². The molecule has 0 radical (unpaired) electrons. The molecule has 12 heteroatoms. The van der Waals surface area contributed by atoms with Crippen molar-refractivity contribution in [3.8, 4) is 0 Å². The minimum Gasteiger partial charge on any atom is -0.444 e. The van der Waals surface area contributed by atoms with E-state index in [0.717, 1.165) is 0 Å². The number of nitrogens with one attached hydrogen (secondary N) is 2. The minimum absolute atomic E-state index is 0.0575. The molecule has 1 unspecified atom stereocenters. The van der Waals surface area contributed by atoms with Crippen LogP contribution in [-0.2, 0) is 19.6 Å². The number of carbonyl (C=O) groups excluding carboxylic acids is 2. The Morgan fingerprint density at radius 2 is 1.85 bits per heavy atom. The Morgan fingerprint density at radius 1 is 1.21 bits per heavy atom. The average Bonchev–Trinajstić information content (AvgIpc) is 3.15. The van der Waals surface area contributed by atoms with Crippen molar-refractivity contribution in [2.24, 2.45) is 0 Å². The van der Waals surface area contributed by atoms with Crippen LogP contribution in [0.4, 0.5) is 4.79 Å². The maximum absolute atomic E-state index is 13.1. The van der Waals surface area contributed by atoms with Crippen LogP contribution in [0.5, 0.6) is 0 Å². The molecule has 2 aliphatic heterocycles. The quantitative estimate of drug-likeness (QED) is 0.619. The molecular formula is C21H29ClN4O5S2. The number of hydrogen-bond acceptors (Lipinski definition) is 7. The van der Waals surface area contributed by atoms with Crippen LogP contribution in [0.1, 0.15) is 32.8 Å². The summed E-state index contributed by atoms with van der Waals surface area (Å²) in [5.41, 5.74) is -0.157. The van der Waals surface area contributed by atoms with Crippen molar-refractivity contribution in [1.29, 1.82) is 0 Å². The molecule has 0 aliphatic carbocycles. The van der Waals surface area contributed by atoms with E-state index < -0.39 is 26.7 Å². The molecule has 0 bridgehead atoms. The Hall–Kier alpha value is -1.95. The first kappa shape index (κ1) is 25.7. The van der Waals surface area contributed by atoms with E-state index in [1.54, 1.807) is 61.2 Å². The Balaban J connectivity index is 1.66. The number of benzene rings is 1. The number of piperazine rings is 1. The summed E-state index contributed by atoms with van der Waals surface area (Å²) in [7, 11) is -3.97. The third-order valence-electron chi connectivity index (χ3n) is 5.14. The van der Waals surface area contributed by atoms with Crippen LogP contribution in [0.15, 0.2) is 34.7 Å². The Morgan fingerprint density at radius 3 is 2.42 bits per heavy atom. The minimum atomic E-state index is -3.97. The summed E-state index contributed by atoms with van der Waals surface area (Å²) in [5.74, 6) is -0.229. The zero-order valence-electron chi connectivity index (χ0n) is 19.1. The number of carbonyl (C=O) groups is 2. The highest BCUT2D eigenvalue weighted by Gasteiger charge is 2.41. The van der Waals surface area contributed by atoms with E-state index in [1.165, 1.54) is 17.8 Å². The van der Waals surface area contributed by atoms with Gasteiger partial charge in [-0.05, 0) is 50.8 Å². The van der Waals surface area contributed by atoms with E-state index in [-0.39, 0.29) is 17.2 Å². The predicted octanol–water partition coefficient (Wildman–Crippen LogP) is 2.86. The third-order valence-corrected chi connectivity index (χ3v) is 8.36. The Kier molecular flexibility index (Phi) is 7.57. The van der Waals surface area contributed by atoms with Gasteiger partial charge in [0, 0.05) is 37.4 Å². The number of hydrogen-bond donors (Lipinski definition) is 2. The fraction of sp³-hybridized carbons (Fsp3) is 0.524. The summed E-state index contributed by atoms with van der Waals surface area (Å²) in [6.45, 7) is 8.41. The smallest absolute Gasteiger partial charge is 0.410 e. The summed E-state index contributed by atoms with van der Waals surface area (Å²) >= 11 is 7.28. The molecule has 1 aromatic rings. The molecule has 2 aliphatic rings. The highest BCUT2D eigenvalue weighted by Crippen LogP contribution is 2.33. The zero-order chi connectivity index (χ0) is 24.4. The van der Waals surface area contributed by atoms with E-state index in [4.69, 9.17) is 16.3 Å². The number of sulfonamides is 1. The second-order valence-corrected chi connectivity index (χ2v) is 12.1. The second-order valence-electron chi connectivity index (χ2n) is 8.89. The summed E-state index contributed by atoms with van der Waals surface area (Å²) in [5, 5.41) is 5.02. The molecule has 2 amide bonds. The van der Waals surface area contributed by atoms with Gasteiger partial charge in [0.15, 0.2) is 4.99 Å². The van der Waals surface area contributed by atoms with Gasteiger partial charge in [-0.2, -0.15) is 4.72 Å². The van der Waals surface area contributed by atoms with Crippen molar-refractivity contribution < 1.29 is 22.7 Å². The molecule has 0 spiro atoms. The van der Waals surface area contributed by atoms with Crippen molar-refractivity contribution >= 4 is 45.4 Å². The SMILES string of the molecule is Cc1c(Cl)cccc1S(=O)(=O)NC1(CC(=O)N2CCN(C(=O)OC(C)(C)C)CC2)NC=CS1. The van der Waals surface area contributed by atoms with Gasteiger partial charge in [-0.3, -0.25) is 4.79 Å². The molecule has 9 nitrogen and oxygen atoms in total. The van der Waals surface area contributed by atoms with Crippen LogP contribution in [0.2, 0.25) is 5.02 Å². The number of rotatable bonds is 5. The highest BCUT2D eigenvalue weighted by atomic mass is 35.5. The number of ether oxygens (including phenoxy) is 1. The van der Waals surface area contributed by atoms with E-state index >= 15 is 0 Å². The zero-order valence-corrected chi connectivity index (χ0v) is 21.4. The summed E-state index contributed by atoms with van der Waals surface area (Å²) in [6, 6.07) is 4.66. The van der Waals surface area contributed by atoms with Crippen molar-refractivity contribution in [1.82, 2.24) is 19.8 Å². The molecule has 0 saturated carbocycles. The topological polar surface area (TPSA) is 108 Å². The molecule has 33 heavy (non-hydrogen) atoms. The third kappa shape index (κ3) is 6.34. The van der Waals surface area contributed by atoms with Gasteiger partial charge in [-0.1, -0.05) is 29.4 Å². The number of amides is 2. The van der Waals surface area contributed by atoms with E-state index in [0.29, 0.717) is 36.8 Å². The lowest BCUT2D eigenvalue weighted by atomic mass is 10.2. The first-order chi connectivity index (χ1) is 15.3. The number of halogens is 1. The molecule has 2 heterocycles. The molecule has 2 N–H and O–H groups in total. The van der Waals surface area contributed by atoms with Gasteiger partial charge in [0.2, 0.25) is 15.9 Å². The number of nitrogens with zero attached hydrogens (tertiary/aromatic N) is 2. The van der Waals surface area contributed by atoms with Gasteiger partial charge >= 0.3 is 6.09 Å². The van der Waals surface area contributed by atoms with Gasteiger partial charge in [0.1, 0.15) is 5.60 Å². The van der Waals surface area contributed by atoms with Crippen LogP contribution >= 0.6 is 23.4 Å². The van der Waals surface area contributed by atoms with Gasteiger partial charge in [0.05, 0.1) is 11.3 Å². The van der Waals surface area contributed by atoms with Gasteiger partial charge in [0.25, 0.3) is 0 Å². The lowest BCUT2D eigenvalue weighted by molar-refractivity contribution is -0.133. The summed E-state index contributed by atoms with van der Waals surface area (Å²) in [4.78, 5) is 27.3. The van der Waals surface area contributed by atoms with Crippen LogP contribution in [-0.4, -0.2) is 67.0 Å². The molecule has 3 rings (SSSR count). The lowest BCUT2D eigenvalue weighted by Gasteiger charge is -2.37. The number of thioether (sulfide) groups is 1. The van der Waals surface area contributed by atoms with E-state index in [1.807, 2.05) is 0 Å². The van der Waals surface area contributed by atoms with Crippen molar-refractivity contribution in [3.63, 3.8) is 0 Å². The van der Waals surface area contributed by atoms with E-state index in [2.05, 4.69) is 10.0 Å². The van der Waals surface area contributed by atoms with Gasteiger partial charge in [-0.25, -0.2) is 13.2 Å². The molecule has 1 aromatic carbocycles. The largest absolute Gasteiger partial charge is 0.444 e. The standard InChI is InChI=1S/C21H29ClN4O5S2/c1-15-16(22)6-5-7-17(15)33(29,30)24-21(23-8-13-32-21)14-18(27)25-9-11-26(12-10-25)19(28)31-20(2,3)4/h5-8,13,23-24H,9-12,14H2,1-4H3. The molecule has 1 atom stereocenters. The first-order valence-corrected chi connectivity index (χ1v) is 13.2. The summed E-state index contributed by atoms with van der Waals surface area (Å²) < 4.78 is 34.3. The maximum Gasteiger partial charge on any atom is 0.410 e. The lowest BCUT2D eigenvalue weighted by Crippen LogP contribution is -2.57. The predicted molar refractivity (Wildman–Crippen MR) is 128 cm³/mol. The van der Waals surface area contributed by atoms with Crippen molar-refractivity contribution in [2.75, 3.05) is 26.2 Å². The molecule has 1 fully saturated rings. The normalized spacial score (nSPS) is 21.1. The fourth-order valence-corrected chi connectivity index (χ4v) is 6.38. The Bertz CT molecular complexity index is 1040. The fourth-order valence-electron chi connectivity index (χ4n) is 3.48. The molecule has 1 saturated heterocycles. The van der Waals surface area contributed by atoms with Gasteiger partial charge in [-0.15, -0.1) is 0 Å².